The van der Waals surface area contributed by atoms with E-state index in [0.29, 0.717) is 12.2 Å². The Bertz CT molecular complexity index is 1110. The number of hydrogen-bond acceptors (Lipinski definition) is 5. The van der Waals surface area contributed by atoms with Crippen molar-refractivity contribution in [2.75, 3.05) is 5.73 Å². The molecule has 0 fully saturated rings. The zero-order chi connectivity index (χ0) is 21.7. The number of nitrogens with one attached hydrogen (secondary N) is 1. The maximum absolute atomic E-state index is 12.8. The number of hydrogen-bond donors (Lipinski definition) is 2. The first-order valence-corrected chi connectivity index (χ1v) is 10.7. The van der Waals surface area contributed by atoms with E-state index in [1.807, 2.05) is 69.3 Å². The van der Waals surface area contributed by atoms with Crippen molar-refractivity contribution in [2.45, 2.75) is 44.5 Å². The molecule has 0 aliphatic heterocycles. The van der Waals surface area contributed by atoms with Gasteiger partial charge in [0.05, 0.1) is 0 Å². The van der Waals surface area contributed by atoms with Gasteiger partial charge in [-0.2, -0.15) is 0 Å². The monoisotopic (exact) mass is 422 g/mol. The lowest BCUT2D eigenvalue weighted by molar-refractivity contribution is -0.121. The van der Waals surface area contributed by atoms with Crippen LogP contribution in [0.25, 0.3) is 0 Å². The highest BCUT2D eigenvalue weighted by molar-refractivity contribution is 7.98. The minimum atomic E-state index is -0.339. The van der Waals surface area contributed by atoms with Gasteiger partial charge < -0.3 is 15.6 Å². The average molecular weight is 423 g/mol. The van der Waals surface area contributed by atoms with Gasteiger partial charge in [-0.15, -0.1) is 11.8 Å². The minimum Gasteiger partial charge on any atom is -0.393 e. The van der Waals surface area contributed by atoms with Gasteiger partial charge in [0.25, 0.3) is 5.56 Å². The number of thioether (sulfide) groups is 1. The molecule has 3 rings (SSSR count). The highest BCUT2D eigenvalue weighted by atomic mass is 32.2. The highest BCUT2D eigenvalue weighted by Gasteiger charge is 2.14. The molecule has 0 spiro atoms. The third-order valence-corrected chi connectivity index (χ3v) is 5.98. The van der Waals surface area contributed by atoms with E-state index in [4.69, 9.17) is 5.73 Å². The van der Waals surface area contributed by atoms with Gasteiger partial charge in [0, 0.05) is 34.3 Å². The fourth-order valence-corrected chi connectivity index (χ4v) is 4.11. The van der Waals surface area contributed by atoms with E-state index >= 15 is 0 Å². The fourth-order valence-electron chi connectivity index (χ4n) is 3.10. The standard InChI is InChI=1S/C23H26N4O2S/c1-15-9-10-19(17(3)26-15)12-25-21(28)13-27-16(2)11-20(22(24)23(27)29)30-14-18-7-5-4-6-8-18/h4-11H,12-14,24H2,1-3H3,(H,25,28). The lowest BCUT2D eigenvalue weighted by Crippen LogP contribution is -2.34. The van der Waals surface area contributed by atoms with Crippen LogP contribution in [0, 0.1) is 20.8 Å². The second-order valence-electron chi connectivity index (χ2n) is 7.20. The zero-order valence-electron chi connectivity index (χ0n) is 17.4. The summed E-state index contributed by atoms with van der Waals surface area (Å²) in [5.41, 5.74) is 10.6. The molecule has 7 heteroatoms. The van der Waals surface area contributed by atoms with Crippen molar-refractivity contribution in [3.63, 3.8) is 0 Å². The van der Waals surface area contributed by atoms with Crippen molar-refractivity contribution in [1.82, 2.24) is 14.9 Å². The molecule has 1 amide bonds. The maximum atomic E-state index is 12.8. The predicted octanol–water partition coefficient (Wildman–Crippen LogP) is 3.36. The van der Waals surface area contributed by atoms with Crippen LogP contribution in [0.5, 0.6) is 0 Å². The van der Waals surface area contributed by atoms with Crippen LogP contribution in [0.15, 0.2) is 58.2 Å². The Morgan fingerprint density at radius 2 is 1.87 bits per heavy atom. The number of benzene rings is 1. The molecule has 0 saturated carbocycles. The van der Waals surface area contributed by atoms with Crippen LogP contribution >= 0.6 is 11.8 Å². The molecule has 0 aliphatic rings. The topological polar surface area (TPSA) is 90.0 Å². The number of aromatic nitrogens is 2. The van der Waals surface area contributed by atoms with Crippen LogP contribution in [0.1, 0.15) is 28.2 Å². The summed E-state index contributed by atoms with van der Waals surface area (Å²) < 4.78 is 1.41. The summed E-state index contributed by atoms with van der Waals surface area (Å²) in [5.74, 6) is 0.475. The van der Waals surface area contributed by atoms with Gasteiger partial charge in [0.2, 0.25) is 5.91 Å². The summed E-state index contributed by atoms with van der Waals surface area (Å²) in [6.07, 6.45) is 0. The molecule has 6 nitrogen and oxygen atoms in total. The summed E-state index contributed by atoms with van der Waals surface area (Å²) in [6.45, 7) is 5.95. The zero-order valence-corrected chi connectivity index (χ0v) is 18.3. The number of nitrogen functional groups attached to an aromatic ring is 1. The molecule has 156 valence electrons. The van der Waals surface area contributed by atoms with Crippen molar-refractivity contribution >= 4 is 23.4 Å². The number of rotatable bonds is 7. The molecule has 2 heterocycles. The lowest BCUT2D eigenvalue weighted by Gasteiger charge is -2.14. The SMILES string of the molecule is Cc1ccc(CNC(=O)Cn2c(C)cc(SCc3ccccc3)c(N)c2=O)c(C)n1. The van der Waals surface area contributed by atoms with Crippen LogP contribution in [-0.4, -0.2) is 15.5 Å². The molecule has 0 bridgehead atoms. The Morgan fingerprint density at radius 1 is 1.13 bits per heavy atom. The quantitative estimate of drug-likeness (QED) is 0.570. The number of amides is 1. The number of carbonyl (C=O) groups excluding carboxylic acids is 1. The second-order valence-corrected chi connectivity index (χ2v) is 8.22. The van der Waals surface area contributed by atoms with Crippen molar-refractivity contribution in [2.24, 2.45) is 0 Å². The molecule has 3 N–H and O–H groups in total. The van der Waals surface area contributed by atoms with E-state index in [9.17, 15) is 9.59 Å². The molecule has 2 aromatic heterocycles. The number of nitrogens with zero attached hydrogens (tertiary/aromatic N) is 2. The summed E-state index contributed by atoms with van der Waals surface area (Å²) >= 11 is 1.52. The summed E-state index contributed by atoms with van der Waals surface area (Å²) in [4.78, 5) is 30.3. The fraction of sp³-hybridized carbons (Fsp3) is 0.261. The van der Waals surface area contributed by atoms with Crippen LogP contribution in [0.2, 0.25) is 0 Å². The largest absolute Gasteiger partial charge is 0.393 e. The van der Waals surface area contributed by atoms with Crippen LogP contribution < -0.4 is 16.6 Å². The molecule has 0 radical (unpaired) electrons. The number of aryl methyl sites for hydroxylation is 3. The van der Waals surface area contributed by atoms with Gasteiger partial charge in [0.1, 0.15) is 12.2 Å². The smallest absolute Gasteiger partial charge is 0.275 e. The van der Waals surface area contributed by atoms with Gasteiger partial charge in [-0.1, -0.05) is 36.4 Å². The third kappa shape index (κ3) is 5.30. The number of pyridine rings is 2. The predicted molar refractivity (Wildman–Crippen MR) is 121 cm³/mol. The molecule has 30 heavy (non-hydrogen) atoms. The van der Waals surface area contributed by atoms with Gasteiger partial charge in [-0.05, 0) is 44.0 Å². The van der Waals surface area contributed by atoms with Crippen LogP contribution in [0.3, 0.4) is 0 Å². The van der Waals surface area contributed by atoms with E-state index in [2.05, 4.69) is 10.3 Å². The molecule has 1 aromatic carbocycles. The summed E-state index contributed by atoms with van der Waals surface area (Å²) in [7, 11) is 0. The molecular formula is C23H26N4O2S. The van der Waals surface area contributed by atoms with Crippen molar-refractivity contribution in [3.8, 4) is 0 Å². The second kappa shape index (κ2) is 9.63. The average Bonchev–Trinajstić information content (AvgIpc) is 2.73. The molecular weight excluding hydrogens is 396 g/mol. The third-order valence-electron chi connectivity index (χ3n) is 4.86. The van der Waals surface area contributed by atoms with E-state index in [1.165, 1.54) is 16.3 Å². The Hall–Kier alpha value is -3.06. The number of carbonyl (C=O) groups is 1. The minimum absolute atomic E-state index is 0.0726. The Labute approximate surface area is 180 Å². The Morgan fingerprint density at radius 3 is 2.57 bits per heavy atom. The molecule has 0 unspecified atom stereocenters. The van der Waals surface area contributed by atoms with E-state index in [0.717, 1.165) is 33.2 Å². The number of anilines is 1. The number of nitrogens with two attached hydrogens (primary N) is 1. The molecule has 3 aromatic rings. The lowest BCUT2D eigenvalue weighted by atomic mass is 10.2. The van der Waals surface area contributed by atoms with Gasteiger partial charge in [-0.3, -0.25) is 14.6 Å². The molecule has 0 aliphatic carbocycles. The summed E-state index contributed by atoms with van der Waals surface area (Å²) in [5, 5.41) is 2.86. The van der Waals surface area contributed by atoms with E-state index in [-0.39, 0.29) is 23.7 Å². The van der Waals surface area contributed by atoms with Gasteiger partial charge in [-0.25, -0.2) is 0 Å². The van der Waals surface area contributed by atoms with Crippen molar-refractivity contribution < 1.29 is 4.79 Å². The first-order valence-electron chi connectivity index (χ1n) is 9.71. The van der Waals surface area contributed by atoms with Crippen LogP contribution in [0.4, 0.5) is 5.69 Å². The first-order chi connectivity index (χ1) is 14.3. The van der Waals surface area contributed by atoms with Crippen molar-refractivity contribution in [1.29, 1.82) is 0 Å². The normalized spacial score (nSPS) is 10.8. The first kappa shape index (κ1) is 21.6. The molecule has 0 atom stereocenters. The maximum Gasteiger partial charge on any atom is 0.275 e. The van der Waals surface area contributed by atoms with Crippen LogP contribution in [-0.2, 0) is 23.6 Å². The summed E-state index contributed by atoms with van der Waals surface area (Å²) in [6, 6.07) is 15.7. The van der Waals surface area contributed by atoms with E-state index < -0.39 is 0 Å². The Balaban J connectivity index is 1.67. The highest BCUT2D eigenvalue weighted by Crippen LogP contribution is 2.27. The van der Waals surface area contributed by atoms with Gasteiger partial charge >= 0.3 is 0 Å². The van der Waals surface area contributed by atoms with Gasteiger partial charge in [0.15, 0.2) is 0 Å². The van der Waals surface area contributed by atoms with Crippen molar-refractivity contribution in [3.05, 3.63) is 87.1 Å². The Kier molecular flexibility index (Phi) is 6.95. The molecule has 0 saturated heterocycles. The van der Waals surface area contributed by atoms with E-state index in [1.54, 1.807) is 0 Å².